The molecule has 0 amide bonds. The molecule has 0 aromatic heterocycles. The summed E-state index contributed by atoms with van der Waals surface area (Å²) in [5.41, 5.74) is 0.658. The summed E-state index contributed by atoms with van der Waals surface area (Å²) >= 11 is 17.6. The summed E-state index contributed by atoms with van der Waals surface area (Å²) in [5, 5.41) is 0.604. The van der Waals surface area contributed by atoms with Gasteiger partial charge in [-0.15, -0.1) is 11.6 Å². The molecular weight excluding hydrogens is 445 g/mol. The van der Waals surface area contributed by atoms with Crippen molar-refractivity contribution < 1.29 is 17.9 Å². The van der Waals surface area contributed by atoms with E-state index in [4.69, 9.17) is 44.3 Å². The van der Waals surface area contributed by atoms with E-state index < -0.39 is 15.6 Å². The Morgan fingerprint density at radius 1 is 1.18 bits per heavy atom. The van der Waals surface area contributed by atoms with Crippen LogP contribution in [0.2, 0.25) is 10.0 Å². The number of anilines is 1. The molecule has 0 radical (unpaired) electrons. The average Bonchev–Trinajstić information content (AvgIpc) is 2.92. The van der Waals surface area contributed by atoms with Crippen molar-refractivity contribution in [1.29, 1.82) is 0 Å². The summed E-state index contributed by atoms with van der Waals surface area (Å²) in [4.78, 5) is 0.0829. The Balaban J connectivity index is 1.96. The van der Waals surface area contributed by atoms with E-state index in [-0.39, 0.29) is 9.92 Å². The fraction of sp³-hybridized carbons (Fsp3) is 0.368. The molecule has 3 rings (SSSR count). The van der Waals surface area contributed by atoms with Gasteiger partial charge in [-0.1, -0.05) is 23.2 Å². The average molecular weight is 465 g/mol. The zero-order valence-corrected chi connectivity index (χ0v) is 18.5. The van der Waals surface area contributed by atoms with Crippen molar-refractivity contribution in [3.63, 3.8) is 0 Å². The highest BCUT2D eigenvalue weighted by atomic mass is 35.5. The number of ether oxygens (including phenoxy) is 2. The first kappa shape index (κ1) is 21.4. The van der Waals surface area contributed by atoms with Crippen LogP contribution in [0.1, 0.15) is 25.8 Å². The first-order chi connectivity index (χ1) is 13.1. The maximum absolute atomic E-state index is 12.9. The molecule has 0 spiro atoms. The van der Waals surface area contributed by atoms with Crippen LogP contribution in [0.3, 0.4) is 0 Å². The number of fused-ring (bicyclic) bond motifs is 1. The first-order valence-corrected chi connectivity index (χ1v) is 11.4. The maximum Gasteiger partial charge on any atom is 0.262 e. The van der Waals surface area contributed by atoms with E-state index in [1.807, 2.05) is 13.8 Å². The second-order valence-corrected chi connectivity index (χ2v) is 9.95. The van der Waals surface area contributed by atoms with Gasteiger partial charge in [0.2, 0.25) is 0 Å². The number of hydrogen-bond donors (Lipinski definition) is 1. The number of rotatable bonds is 7. The van der Waals surface area contributed by atoms with Gasteiger partial charge >= 0.3 is 0 Å². The highest BCUT2D eigenvalue weighted by Crippen LogP contribution is 2.44. The smallest absolute Gasteiger partial charge is 0.262 e. The molecule has 1 aliphatic heterocycles. The minimum Gasteiger partial charge on any atom is -0.490 e. The van der Waals surface area contributed by atoms with Gasteiger partial charge in [0.05, 0.1) is 27.2 Å². The van der Waals surface area contributed by atoms with Crippen LogP contribution in [-0.4, -0.2) is 26.5 Å². The molecule has 0 bridgehead atoms. The van der Waals surface area contributed by atoms with E-state index in [1.54, 1.807) is 12.1 Å². The van der Waals surface area contributed by atoms with Gasteiger partial charge in [-0.05, 0) is 44.5 Å². The van der Waals surface area contributed by atoms with E-state index in [9.17, 15) is 8.42 Å². The van der Waals surface area contributed by atoms with Crippen molar-refractivity contribution in [3.05, 3.63) is 45.9 Å². The highest BCUT2D eigenvalue weighted by molar-refractivity contribution is 7.92. The van der Waals surface area contributed by atoms with Crippen LogP contribution < -0.4 is 14.2 Å². The third-order valence-electron chi connectivity index (χ3n) is 4.12. The lowest BCUT2D eigenvalue weighted by Crippen LogP contribution is -2.24. The van der Waals surface area contributed by atoms with E-state index in [0.717, 1.165) is 5.56 Å². The third-order valence-corrected chi connectivity index (χ3v) is 6.48. The van der Waals surface area contributed by atoms with Crippen molar-refractivity contribution in [2.75, 3.05) is 17.2 Å². The predicted octanol–water partition coefficient (Wildman–Crippen LogP) is 5.52. The van der Waals surface area contributed by atoms with Gasteiger partial charge in [-0.25, -0.2) is 8.42 Å². The molecule has 28 heavy (non-hydrogen) atoms. The molecule has 1 heterocycles. The van der Waals surface area contributed by atoms with Crippen molar-refractivity contribution >= 4 is 50.5 Å². The normalized spacial score (nSPS) is 15.0. The Kier molecular flexibility index (Phi) is 6.25. The molecule has 0 fully saturated rings. The largest absolute Gasteiger partial charge is 0.490 e. The van der Waals surface area contributed by atoms with Gasteiger partial charge in [0.25, 0.3) is 10.0 Å². The summed E-state index contributed by atoms with van der Waals surface area (Å²) in [6, 6.07) is 7.61. The van der Waals surface area contributed by atoms with Gasteiger partial charge in [0.15, 0.2) is 11.5 Å². The zero-order valence-electron chi connectivity index (χ0n) is 15.4. The Labute approximate surface area is 179 Å². The number of sulfonamides is 1. The summed E-state index contributed by atoms with van der Waals surface area (Å²) in [6.07, 6.45) is 1.21. The highest BCUT2D eigenvalue weighted by Gasteiger charge is 2.34. The molecule has 0 unspecified atom stereocenters. The van der Waals surface area contributed by atoms with E-state index in [2.05, 4.69) is 4.72 Å². The zero-order chi connectivity index (χ0) is 20.5. The van der Waals surface area contributed by atoms with Crippen LogP contribution in [0.5, 0.6) is 11.5 Å². The van der Waals surface area contributed by atoms with Gasteiger partial charge in [-0.3, -0.25) is 4.72 Å². The van der Waals surface area contributed by atoms with Crippen molar-refractivity contribution in [2.24, 2.45) is 0 Å². The quantitative estimate of drug-likeness (QED) is 0.433. The maximum atomic E-state index is 12.9. The van der Waals surface area contributed by atoms with Gasteiger partial charge < -0.3 is 9.47 Å². The topological polar surface area (TPSA) is 64.6 Å². The molecule has 1 aliphatic rings. The third kappa shape index (κ3) is 4.79. The molecule has 152 valence electrons. The van der Waals surface area contributed by atoms with Crippen molar-refractivity contribution in [1.82, 2.24) is 0 Å². The van der Waals surface area contributed by atoms with Crippen LogP contribution >= 0.6 is 34.8 Å². The summed E-state index contributed by atoms with van der Waals surface area (Å²) in [7, 11) is -3.87. The Bertz CT molecular complexity index is 993. The second-order valence-electron chi connectivity index (χ2n) is 7.07. The van der Waals surface area contributed by atoms with Crippen molar-refractivity contribution in [2.45, 2.75) is 37.2 Å². The fourth-order valence-corrected chi connectivity index (χ4v) is 4.44. The molecule has 0 saturated heterocycles. The molecular formula is C19H20Cl3NO4S. The summed E-state index contributed by atoms with van der Waals surface area (Å²) in [6.45, 7) is 4.25. The van der Waals surface area contributed by atoms with E-state index >= 15 is 0 Å². The minimum absolute atomic E-state index is 0.0829. The molecule has 0 aliphatic carbocycles. The molecule has 0 saturated carbocycles. The molecule has 1 N–H and O–H groups in total. The lowest BCUT2D eigenvalue weighted by molar-refractivity contribution is 0.132. The minimum atomic E-state index is -3.87. The predicted molar refractivity (Wildman–Crippen MR) is 113 cm³/mol. The summed E-state index contributed by atoms with van der Waals surface area (Å²) < 4.78 is 40.1. The Hall–Kier alpha value is -1.34. The van der Waals surface area contributed by atoms with Crippen LogP contribution in [0, 0.1) is 0 Å². The van der Waals surface area contributed by atoms with E-state index in [1.165, 1.54) is 18.2 Å². The number of nitrogens with one attached hydrogen (secondary N) is 1. The van der Waals surface area contributed by atoms with Crippen LogP contribution in [-0.2, 0) is 16.4 Å². The van der Waals surface area contributed by atoms with Gasteiger partial charge in [0.1, 0.15) is 5.60 Å². The molecule has 5 nitrogen and oxygen atoms in total. The fourth-order valence-electron chi connectivity index (χ4n) is 2.92. The standard InChI is InChI=1S/C19H20Cl3NO4S/c1-19(2)11-12-8-14(10-17(18(12)27-19)26-7-3-6-20)28(24,25)23-13-4-5-15(21)16(22)9-13/h4-5,8-10,23H,3,6-7,11H2,1-2H3. The summed E-state index contributed by atoms with van der Waals surface area (Å²) in [5.74, 6) is 1.42. The number of hydrogen-bond acceptors (Lipinski definition) is 4. The first-order valence-electron chi connectivity index (χ1n) is 8.64. The molecule has 0 atom stereocenters. The molecule has 2 aromatic rings. The van der Waals surface area contributed by atoms with Crippen LogP contribution in [0.15, 0.2) is 35.2 Å². The van der Waals surface area contributed by atoms with Crippen LogP contribution in [0.25, 0.3) is 0 Å². The number of benzene rings is 2. The lowest BCUT2D eigenvalue weighted by Gasteiger charge is -2.18. The van der Waals surface area contributed by atoms with E-state index in [0.29, 0.717) is 47.5 Å². The monoisotopic (exact) mass is 463 g/mol. The van der Waals surface area contributed by atoms with Gasteiger partial charge in [-0.2, -0.15) is 0 Å². The molecule has 2 aromatic carbocycles. The van der Waals surface area contributed by atoms with Gasteiger partial charge in [0, 0.05) is 23.9 Å². The second kappa shape index (κ2) is 8.19. The number of halogens is 3. The lowest BCUT2D eigenvalue weighted by atomic mass is 10.0. The SMILES string of the molecule is CC1(C)Cc2cc(S(=O)(=O)Nc3ccc(Cl)c(Cl)c3)cc(OCCCCl)c2O1. The van der Waals surface area contributed by atoms with Crippen LogP contribution in [0.4, 0.5) is 5.69 Å². The molecule has 9 heteroatoms. The Morgan fingerprint density at radius 2 is 1.93 bits per heavy atom. The number of alkyl halides is 1. The van der Waals surface area contributed by atoms with Crippen molar-refractivity contribution in [3.8, 4) is 11.5 Å². The Morgan fingerprint density at radius 3 is 2.61 bits per heavy atom.